The molecule has 5 nitrogen and oxygen atoms in total. The topological polar surface area (TPSA) is 71.3 Å². The number of carbonyl (C=O) groups excluding carboxylic acids is 1. The van der Waals surface area contributed by atoms with Crippen molar-refractivity contribution < 1.29 is 14.3 Å². The lowest BCUT2D eigenvalue weighted by atomic mass is 10.1. The summed E-state index contributed by atoms with van der Waals surface area (Å²) in [6.45, 7) is 5.14. The van der Waals surface area contributed by atoms with Crippen LogP contribution in [0.1, 0.15) is 31.4 Å². The molecule has 2 aromatic rings. The van der Waals surface area contributed by atoms with E-state index in [0.717, 1.165) is 12.8 Å². The summed E-state index contributed by atoms with van der Waals surface area (Å²) < 4.78 is 11.1. The van der Waals surface area contributed by atoms with Gasteiger partial charge in [-0.2, -0.15) is 5.26 Å². The Balaban J connectivity index is 2.06. The second-order valence-electron chi connectivity index (χ2n) is 6.20. The van der Waals surface area contributed by atoms with Crippen molar-refractivity contribution in [3.8, 4) is 17.6 Å². The van der Waals surface area contributed by atoms with Gasteiger partial charge in [-0.1, -0.05) is 41.9 Å². The molecule has 0 aliphatic heterocycles. The SMILES string of the molecule is CCOc1cc(Cl)c(/C=C(/C#N)C(=O)NCCCc2ccccc2)cc1OCC. The fourth-order valence-electron chi connectivity index (χ4n) is 2.74. The zero-order chi connectivity index (χ0) is 21.1. The van der Waals surface area contributed by atoms with E-state index in [4.69, 9.17) is 21.1 Å². The Hall–Kier alpha value is -2.97. The molecular weight excluding hydrogens is 388 g/mol. The maximum absolute atomic E-state index is 12.4. The number of hydrogen-bond donors (Lipinski definition) is 1. The highest BCUT2D eigenvalue weighted by Crippen LogP contribution is 2.34. The number of nitrogens with one attached hydrogen (secondary N) is 1. The van der Waals surface area contributed by atoms with Gasteiger partial charge < -0.3 is 14.8 Å². The normalized spacial score (nSPS) is 10.9. The number of benzene rings is 2. The molecule has 0 heterocycles. The van der Waals surface area contributed by atoms with Crippen molar-refractivity contribution in [1.29, 1.82) is 5.26 Å². The molecule has 0 saturated carbocycles. The lowest BCUT2D eigenvalue weighted by Crippen LogP contribution is -2.25. The smallest absolute Gasteiger partial charge is 0.261 e. The van der Waals surface area contributed by atoms with Crippen LogP contribution in [-0.2, 0) is 11.2 Å². The molecule has 0 radical (unpaired) electrons. The van der Waals surface area contributed by atoms with E-state index in [1.54, 1.807) is 12.1 Å². The Morgan fingerprint density at radius 2 is 1.79 bits per heavy atom. The molecule has 2 rings (SSSR count). The van der Waals surface area contributed by atoms with Crippen molar-refractivity contribution in [2.45, 2.75) is 26.7 Å². The predicted octanol–water partition coefficient (Wildman–Crippen LogP) is 4.79. The highest BCUT2D eigenvalue weighted by Gasteiger charge is 2.13. The molecule has 0 aliphatic carbocycles. The minimum absolute atomic E-state index is 0.0155. The molecule has 1 N–H and O–H groups in total. The summed E-state index contributed by atoms with van der Waals surface area (Å²) in [5.74, 6) is 0.620. The van der Waals surface area contributed by atoms with Crippen molar-refractivity contribution in [3.05, 3.63) is 64.2 Å². The molecule has 0 aromatic heterocycles. The molecule has 0 spiro atoms. The number of nitrogens with zero attached hydrogens (tertiary/aromatic N) is 1. The van der Waals surface area contributed by atoms with Crippen molar-refractivity contribution in [2.75, 3.05) is 19.8 Å². The Morgan fingerprint density at radius 3 is 2.41 bits per heavy atom. The third kappa shape index (κ3) is 6.85. The Labute approximate surface area is 176 Å². The summed E-state index contributed by atoms with van der Waals surface area (Å²) in [6.07, 6.45) is 3.11. The molecule has 0 atom stereocenters. The zero-order valence-corrected chi connectivity index (χ0v) is 17.5. The maximum atomic E-state index is 12.4. The van der Waals surface area contributed by atoms with Crippen LogP contribution in [-0.4, -0.2) is 25.7 Å². The molecule has 0 bridgehead atoms. The fraction of sp³-hybridized carbons (Fsp3) is 0.304. The second-order valence-corrected chi connectivity index (χ2v) is 6.61. The van der Waals surface area contributed by atoms with E-state index in [2.05, 4.69) is 5.32 Å². The van der Waals surface area contributed by atoms with Crippen LogP contribution in [0.2, 0.25) is 5.02 Å². The van der Waals surface area contributed by atoms with Gasteiger partial charge in [-0.3, -0.25) is 4.79 Å². The molecule has 0 unspecified atom stereocenters. The Bertz CT molecular complexity index is 889. The average Bonchev–Trinajstić information content (AvgIpc) is 2.73. The quantitative estimate of drug-likeness (QED) is 0.346. The van der Waals surface area contributed by atoms with Crippen molar-refractivity contribution in [1.82, 2.24) is 5.32 Å². The van der Waals surface area contributed by atoms with E-state index < -0.39 is 5.91 Å². The van der Waals surface area contributed by atoms with Crippen LogP contribution in [0.3, 0.4) is 0 Å². The number of nitriles is 1. The predicted molar refractivity (Wildman–Crippen MR) is 115 cm³/mol. The number of carbonyl (C=O) groups is 1. The number of hydrogen-bond acceptors (Lipinski definition) is 4. The van der Waals surface area contributed by atoms with Crippen LogP contribution >= 0.6 is 11.6 Å². The Kier molecular flexibility index (Phi) is 9.07. The number of ether oxygens (including phenoxy) is 2. The summed E-state index contributed by atoms with van der Waals surface area (Å²) in [5, 5.41) is 12.6. The average molecular weight is 413 g/mol. The van der Waals surface area contributed by atoms with Crippen LogP contribution in [0.5, 0.6) is 11.5 Å². The molecule has 6 heteroatoms. The van der Waals surface area contributed by atoms with Crippen LogP contribution in [0.4, 0.5) is 0 Å². The van der Waals surface area contributed by atoms with E-state index >= 15 is 0 Å². The summed E-state index contributed by atoms with van der Waals surface area (Å²) >= 11 is 6.32. The summed E-state index contributed by atoms with van der Waals surface area (Å²) in [5.41, 5.74) is 1.72. The van der Waals surface area contributed by atoms with Gasteiger partial charge in [0.25, 0.3) is 5.91 Å². The van der Waals surface area contributed by atoms with Gasteiger partial charge in [0, 0.05) is 12.6 Å². The molecule has 0 saturated heterocycles. The van der Waals surface area contributed by atoms with E-state index in [0.29, 0.717) is 41.8 Å². The lowest BCUT2D eigenvalue weighted by molar-refractivity contribution is -0.117. The van der Waals surface area contributed by atoms with E-state index in [1.807, 2.05) is 50.2 Å². The van der Waals surface area contributed by atoms with Gasteiger partial charge in [-0.15, -0.1) is 0 Å². The standard InChI is InChI=1S/C23H25ClN2O3/c1-3-28-21-14-18(20(24)15-22(21)29-4-2)13-19(16-25)23(27)26-12-8-11-17-9-6-5-7-10-17/h5-7,9-10,13-15H,3-4,8,11-12H2,1-2H3,(H,26,27)/b19-13-. The number of halogens is 1. The first-order valence-electron chi connectivity index (χ1n) is 9.62. The van der Waals surface area contributed by atoms with Gasteiger partial charge >= 0.3 is 0 Å². The van der Waals surface area contributed by atoms with E-state index in [9.17, 15) is 10.1 Å². The molecule has 0 aliphatic rings. The first-order valence-corrected chi connectivity index (χ1v) is 9.99. The van der Waals surface area contributed by atoms with Gasteiger partial charge in [0.1, 0.15) is 11.6 Å². The van der Waals surface area contributed by atoms with Gasteiger partial charge in [0.2, 0.25) is 0 Å². The van der Waals surface area contributed by atoms with Gasteiger partial charge in [-0.25, -0.2) is 0 Å². The van der Waals surface area contributed by atoms with E-state index in [-0.39, 0.29) is 5.57 Å². The van der Waals surface area contributed by atoms with Crippen molar-refractivity contribution >= 4 is 23.6 Å². The number of rotatable bonds is 10. The van der Waals surface area contributed by atoms with E-state index in [1.165, 1.54) is 11.6 Å². The van der Waals surface area contributed by atoms with Crippen molar-refractivity contribution in [2.24, 2.45) is 0 Å². The summed E-state index contributed by atoms with van der Waals surface area (Å²) in [7, 11) is 0. The molecule has 2 aromatic carbocycles. The second kappa shape index (κ2) is 11.8. The lowest BCUT2D eigenvalue weighted by Gasteiger charge is -2.13. The highest BCUT2D eigenvalue weighted by molar-refractivity contribution is 6.32. The molecule has 152 valence electrons. The Morgan fingerprint density at radius 1 is 1.14 bits per heavy atom. The number of aryl methyl sites for hydroxylation is 1. The number of amides is 1. The summed E-state index contributed by atoms with van der Waals surface area (Å²) in [4.78, 5) is 12.4. The molecule has 0 fully saturated rings. The fourth-order valence-corrected chi connectivity index (χ4v) is 2.94. The minimum Gasteiger partial charge on any atom is -0.490 e. The van der Waals surface area contributed by atoms with Gasteiger partial charge in [0.05, 0.1) is 18.2 Å². The maximum Gasteiger partial charge on any atom is 0.261 e. The zero-order valence-electron chi connectivity index (χ0n) is 16.7. The third-order valence-corrected chi connectivity index (χ3v) is 4.43. The largest absolute Gasteiger partial charge is 0.490 e. The third-order valence-electron chi connectivity index (χ3n) is 4.10. The first kappa shape index (κ1) is 22.3. The highest BCUT2D eigenvalue weighted by atomic mass is 35.5. The monoisotopic (exact) mass is 412 g/mol. The van der Waals surface area contributed by atoms with Crippen LogP contribution in [0.25, 0.3) is 6.08 Å². The first-order chi connectivity index (χ1) is 14.1. The minimum atomic E-state index is -0.427. The van der Waals surface area contributed by atoms with Crippen LogP contribution < -0.4 is 14.8 Å². The molecular formula is C23H25ClN2O3. The van der Waals surface area contributed by atoms with Crippen LogP contribution in [0, 0.1) is 11.3 Å². The summed E-state index contributed by atoms with van der Waals surface area (Å²) in [6, 6.07) is 15.3. The van der Waals surface area contributed by atoms with Crippen molar-refractivity contribution in [3.63, 3.8) is 0 Å². The van der Waals surface area contributed by atoms with Gasteiger partial charge in [-0.05, 0) is 50.0 Å². The van der Waals surface area contributed by atoms with Crippen LogP contribution in [0.15, 0.2) is 48.0 Å². The van der Waals surface area contributed by atoms with Gasteiger partial charge in [0.15, 0.2) is 11.5 Å². The molecule has 1 amide bonds. The molecule has 29 heavy (non-hydrogen) atoms.